The lowest BCUT2D eigenvalue weighted by Crippen LogP contribution is -2.43. The molecule has 3 aromatic carbocycles. The van der Waals surface area contributed by atoms with Gasteiger partial charge in [0.15, 0.2) is 6.61 Å². The number of rotatable bonds is 10. The van der Waals surface area contributed by atoms with Crippen LogP contribution in [0.1, 0.15) is 50.8 Å². The minimum absolute atomic E-state index is 0.0168. The second kappa shape index (κ2) is 12.1. The maximum Gasteiger partial charge on any atom is 0.319 e. The summed E-state index contributed by atoms with van der Waals surface area (Å²) in [6, 6.07) is 21.0. The van der Waals surface area contributed by atoms with Crippen LogP contribution in [0.5, 0.6) is 11.5 Å². The zero-order chi connectivity index (χ0) is 28.0. The molecular formula is C32H37N3O4. The lowest BCUT2D eigenvalue weighted by molar-refractivity contribution is -0.121. The number of urea groups is 1. The van der Waals surface area contributed by atoms with Gasteiger partial charge in [-0.2, -0.15) is 0 Å². The van der Waals surface area contributed by atoms with Crippen LogP contribution in [-0.2, 0) is 16.8 Å². The van der Waals surface area contributed by atoms with Gasteiger partial charge in [0.25, 0.3) is 5.91 Å². The molecule has 0 atom stereocenters. The molecule has 1 heterocycles. The standard InChI is InChI=1S/C32H37N3O4/c1-6-23-11-14-27(15-12-23)38-18-8-17-35-28-20-26(13-16-29(28)39-21-30(35)36)33-31(37)34-32(4,5)25-10-7-9-24(19-25)22(2)3/h7,9-16,19-20H,2,6,8,17-18,21H2,1,3-5H3,(H2,33,34,37). The predicted molar refractivity (Wildman–Crippen MR) is 157 cm³/mol. The van der Waals surface area contributed by atoms with Crippen LogP contribution < -0.4 is 25.0 Å². The maximum absolute atomic E-state index is 13.0. The van der Waals surface area contributed by atoms with Gasteiger partial charge in [-0.05, 0) is 86.7 Å². The molecule has 3 amide bonds. The number of nitrogens with zero attached hydrogens (tertiary/aromatic N) is 1. The predicted octanol–water partition coefficient (Wildman–Crippen LogP) is 6.53. The van der Waals surface area contributed by atoms with Crippen molar-refractivity contribution in [3.8, 4) is 11.5 Å². The molecule has 4 rings (SSSR count). The SMILES string of the molecule is C=C(C)c1cccc(C(C)(C)NC(=O)Nc2ccc3c(c2)N(CCCOc2ccc(CC)cc2)C(=O)CO3)c1. The number of nitrogens with one attached hydrogen (secondary N) is 2. The summed E-state index contributed by atoms with van der Waals surface area (Å²) in [7, 11) is 0. The van der Waals surface area contributed by atoms with Crippen molar-refractivity contribution in [3.05, 3.63) is 90.0 Å². The van der Waals surface area contributed by atoms with E-state index in [-0.39, 0.29) is 18.5 Å². The number of hydrogen-bond donors (Lipinski definition) is 2. The second-order valence-corrected chi connectivity index (χ2v) is 10.3. The molecule has 0 aromatic heterocycles. The summed E-state index contributed by atoms with van der Waals surface area (Å²) in [6.45, 7) is 12.9. The molecule has 1 aliphatic rings. The van der Waals surface area contributed by atoms with E-state index in [0.717, 1.165) is 28.9 Å². The third-order valence-electron chi connectivity index (χ3n) is 6.79. The normalized spacial score (nSPS) is 12.8. The summed E-state index contributed by atoms with van der Waals surface area (Å²) in [5.74, 6) is 1.29. The molecule has 0 bridgehead atoms. The summed E-state index contributed by atoms with van der Waals surface area (Å²) >= 11 is 0. The Morgan fingerprint density at radius 3 is 2.59 bits per heavy atom. The first-order chi connectivity index (χ1) is 18.7. The van der Waals surface area contributed by atoms with Crippen LogP contribution in [-0.4, -0.2) is 31.7 Å². The second-order valence-electron chi connectivity index (χ2n) is 10.3. The van der Waals surface area contributed by atoms with Gasteiger partial charge in [-0.3, -0.25) is 4.79 Å². The average molecular weight is 528 g/mol. The number of benzene rings is 3. The van der Waals surface area contributed by atoms with Gasteiger partial charge in [-0.15, -0.1) is 0 Å². The molecule has 204 valence electrons. The number of amides is 3. The number of anilines is 2. The smallest absolute Gasteiger partial charge is 0.319 e. The minimum Gasteiger partial charge on any atom is -0.494 e. The number of carbonyl (C=O) groups excluding carboxylic acids is 2. The molecular weight excluding hydrogens is 490 g/mol. The van der Waals surface area contributed by atoms with Crippen LogP contribution in [0.15, 0.2) is 73.3 Å². The Hall–Kier alpha value is -4.26. The summed E-state index contributed by atoms with van der Waals surface area (Å²) in [5.41, 5.74) is 4.80. The molecule has 0 saturated heterocycles. The van der Waals surface area contributed by atoms with Crippen LogP contribution in [0, 0.1) is 0 Å². The van der Waals surface area contributed by atoms with Crippen molar-refractivity contribution >= 4 is 28.9 Å². The highest BCUT2D eigenvalue weighted by Crippen LogP contribution is 2.35. The summed E-state index contributed by atoms with van der Waals surface area (Å²) < 4.78 is 11.5. The highest BCUT2D eigenvalue weighted by molar-refractivity contribution is 5.99. The van der Waals surface area contributed by atoms with E-state index < -0.39 is 5.54 Å². The molecule has 2 N–H and O–H groups in total. The van der Waals surface area contributed by atoms with Gasteiger partial charge in [0.05, 0.1) is 17.8 Å². The molecule has 0 spiro atoms. The van der Waals surface area contributed by atoms with Crippen LogP contribution in [0.25, 0.3) is 5.57 Å². The number of hydrogen-bond acceptors (Lipinski definition) is 4. The van der Waals surface area contributed by atoms with Crippen LogP contribution >= 0.6 is 0 Å². The van der Waals surface area contributed by atoms with Crippen molar-refractivity contribution in [2.75, 3.05) is 30.0 Å². The third kappa shape index (κ3) is 6.99. The zero-order valence-corrected chi connectivity index (χ0v) is 23.2. The fourth-order valence-electron chi connectivity index (χ4n) is 4.45. The number of fused-ring (bicyclic) bond motifs is 1. The van der Waals surface area contributed by atoms with Crippen molar-refractivity contribution in [1.82, 2.24) is 5.32 Å². The third-order valence-corrected chi connectivity index (χ3v) is 6.79. The molecule has 1 aliphatic heterocycles. The first kappa shape index (κ1) is 27.8. The fraction of sp³-hybridized carbons (Fsp3) is 0.312. The van der Waals surface area contributed by atoms with Gasteiger partial charge in [-0.25, -0.2) is 4.79 Å². The average Bonchev–Trinajstić information content (AvgIpc) is 2.92. The van der Waals surface area contributed by atoms with E-state index in [2.05, 4.69) is 36.3 Å². The van der Waals surface area contributed by atoms with E-state index in [1.165, 1.54) is 5.56 Å². The number of carbonyl (C=O) groups is 2. The van der Waals surface area contributed by atoms with Crippen molar-refractivity contribution < 1.29 is 19.1 Å². The molecule has 7 heteroatoms. The van der Waals surface area contributed by atoms with E-state index in [1.807, 2.05) is 57.2 Å². The minimum atomic E-state index is -0.619. The Bertz CT molecular complexity index is 1350. The quantitative estimate of drug-likeness (QED) is 0.294. The van der Waals surface area contributed by atoms with Gasteiger partial charge in [0, 0.05) is 12.2 Å². The summed E-state index contributed by atoms with van der Waals surface area (Å²) in [6.07, 6.45) is 1.63. The maximum atomic E-state index is 13.0. The van der Waals surface area contributed by atoms with Crippen LogP contribution in [0.3, 0.4) is 0 Å². The van der Waals surface area contributed by atoms with E-state index in [9.17, 15) is 9.59 Å². The summed E-state index contributed by atoms with van der Waals surface area (Å²) in [4.78, 5) is 27.3. The van der Waals surface area contributed by atoms with Gasteiger partial charge in [0.2, 0.25) is 0 Å². The van der Waals surface area contributed by atoms with Crippen molar-refractivity contribution in [2.24, 2.45) is 0 Å². The molecule has 0 aliphatic carbocycles. The molecule has 0 fully saturated rings. The van der Waals surface area contributed by atoms with Gasteiger partial charge in [0.1, 0.15) is 11.5 Å². The summed E-state index contributed by atoms with van der Waals surface area (Å²) in [5, 5.41) is 5.95. The first-order valence-electron chi connectivity index (χ1n) is 13.3. The molecule has 3 aromatic rings. The number of aryl methyl sites for hydroxylation is 1. The van der Waals surface area contributed by atoms with Crippen LogP contribution in [0.2, 0.25) is 0 Å². The molecule has 0 radical (unpaired) electrons. The monoisotopic (exact) mass is 527 g/mol. The molecule has 0 unspecified atom stereocenters. The molecule has 39 heavy (non-hydrogen) atoms. The Balaban J connectivity index is 1.38. The fourth-order valence-corrected chi connectivity index (χ4v) is 4.45. The number of allylic oxidation sites excluding steroid dienone is 1. The zero-order valence-electron chi connectivity index (χ0n) is 23.2. The lowest BCUT2D eigenvalue weighted by atomic mass is 9.92. The Morgan fingerprint density at radius 1 is 1.10 bits per heavy atom. The van der Waals surface area contributed by atoms with Crippen LogP contribution in [0.4, 0.5) is 16.2 Å². The first-order valence-corrected chi connectivity index (χ1v) is 13.3. The van der Waals surface area contributed by atoms with Gasteiger partial charge in [-0.1, -0.05) is 49.4 Å². The Labute approximate surface area is 230 Å². The Kier molecular flexibility index (Phi) is 8.59. The highest BCUT2D eigenvalue weighted by atomic mass is 16.5. The van der Waals surface area contributed by atoms with E-state index in [1.54, 1.807) is 23.1 Å². The molecule has 0 saturated carbocycles. The topological polar surface area (TPSA) is 79.9 Å². The van der Waals surface area contributed by atoms with Gasteiger partial charge >= 0.3 is 6.03 Å². The van der Waals surface area contributed by atoms with E-state index in [4.69, 9.17) is 9.47 Å². The van der Waals surface area contributed by atoms with E-state index in [0.29, 0.717) is 36.7 Å². The lowest BCUT2D eigenvalue weighted by Gasteiger charge is -2.30. The highest BCUT2D eigenvalue weighted by Gasteiger charge is 2.27. The van der Waals surface area contributed by atoms with Crippen molar-refractivity contribution in [1.29, 1.82) is 0 Å². The molecule has 7 nitrogen and oxygen atoms in total. The van der Waals surface area contributed by atoms with Crippen molar-refractivity contribution in [3.63, 3.8) is 0 Å². The largest absolute Gasteiger partial charge is 0.494 e. The Morgan fingerprint density at radius 2 is 1.87 bits per heavy atom. The van der Waals surface area contributed by atoms with E-state index >= 15 is 0 Å². The van der Waals surface area contributed by atoms with Crippen molar-refractivity contribution in [2.45, 2.75) is 46.1 Å². The van der Waals surface area contributed by atoms with Gasteiger partial charge < -0.3 is 25.0 Å². The number of ether oxygens (including phenoxy) is 2.